The Balaban J connectivity index is 1.51. The Labute approximate surface area is 190 Å². The van der Waals surface area contributed by atoms with E-state index < -0.39 is 0 Å². The topological polar surface area (TPSA) is 90.1 Å². The first-order valence-corrected chi connectivity index (χ1v) is 11.2. The number of rotatable bonds is 0. The van der Waals surface area contributed by atoms with Crippen molar-refractivity contribution in [1.29, 1.82) is 5.41 Å². The van der Waals surface area contributed by atoms with Crippen LogP contribution in [0.2, 0.25) is 0 Å². The van der Waals surface area contributed by atoms with Gasteiger partial charge < -0.3 is 10.1 Å². The number of benzene rings is 2. The largest absolute Gasteiger partial charge is 0.489 e. The highest BCUT2D eigenvalue weighted by molar-refractivity contribution is 5.98. The van der Waals surface area contributed by atoms with Crippen LogP contribution in [0.4, 0.5) is 5.69 Å². The van der Waals surface area contributed by atoms with E-state index in [1.54, 1.807) is 0 Å². The van der Waals surface area contributed by atoms with Crippen molar-refractivity contribution in [3.8, 4) is 5.75 Å². The van der Waals surface area contributed by atoms with E-state index in [0.29, 0.717) is 24.9 Å². The summed E-state index contributed by atoms with van der Waals surface area (Å²) in [4.78, 5) is 24.3. The molecule has 164 valence electrons. The molecule has 0 aromatic heterocycles. The fourth-order valence-electron chi connectivity index (χ4n) is 5.03. The van der Waals surface area contributed by atoms with Crippen LogP contribution in [0.15, 0.2) is 57.8 Å². The lowest BCUT2D eigenvalue weighted by atomic mass is 9.88. The third-order valence-electron chi connectivity index (χ3n) is 6.77. The zero-order chi connectivity index (χ0) is 22.4. The molecule has 2 atom stereocenters. The highest BCUT2D eigenvalue weighted by Gasteiger charge is 2.33. The van der Waals surface area contributed by atoms with Crippen LogP contribution in [-0.2, 0) is 4.79 Å². The lowest BCUT2D eigenvalue weighted by molar-refractivity contribution is -0.118. The number of fused-ring (bicyclic) bond motifs is 5. The summed E-state index contributed by atoms with van der Waals surface area (Å²) >= 11 is 0. The highest BCUT2D eigenvalue weighted by Crippen LogP contribution is 2.28. The molecule has 0 saturated heterocycles. The van der Waals surface area contributed by atoms with Crippen LogP contribution in [0.25, 0.3) is 16.8 Å². The number of nitrogens with zero attached hydrogens (tertiary/aromatic N) is 3. The van der Waals surface area contributed by atoms with Gasteiger partial charge in [0.2, 0.25) is 0 Å². The molecule has 7 rings (SSSR count). The van der Waals surface area contributed by atoms with E-state index in [9.17, 15) is 4.79 Å². The Morgan fingerprint density at radius 2 is 2.18 bits per heavy atom. The second-order valence-corrected chi connectivity index (χ2v) is 8.70. The first-order chi connectivity index (χ1) is 16.2. The van der Waals surface area contributed by atoms with Crippen molar-refractivity contribution < 1.29 is 9.53 Å². The molecule has 7 nitrogen and oxygen atoms in total. The number of anilines is 1. The molecule has 4 aliphatic heterocycles. The van der Waals surface area contributed by atoms with Gasteiger partial charge in [-0.3, -0.25) is 25.1 Å². The Hall–Kier alpha value is -3.80. The fourth-order valence-corrected chi connectivity index (χ4v) is 5.03. The number of Topliss-reactive ketones (excluding diaryl/α,β-unsaturated/α-hetero) is 1. The van der Waals surface area contributed by atoms with Crippen LogP contribution in [0.1, 0.15) is 19.3 Å². The normalized spacial score (nSPS) is 23.9. The van der Waals surface area contributed by atoms with Gasteiger partial charge in [0.25, 0.3) is 0 Å². The Morgan fingerprint density at radius 1 is 1.24 bits per heavy atom. The molecule has 2 N–H and O–H groups in total. The molecular formula is C26H23N5O2. The summed E-state index contributed by atoms with van der Waals surface area (Å²) in [7, 11) is 0. The molecule has 7 bridgehead atoms. The number of hydrogen-bond donors (Lipinski definition) is 2. The van der Waals surface area contributed by atoms with Crippen molar-refractivity contribution in [1.82, 2.24) is 4.90 Å². The molecule has 1 saturated carbocycles. The number of carbonyl (C=O) groups excluding carboxylic acids is 1. The van der Waals surface area contributed by atoms with Crippen LogP contribution in [0.3, 0.4) is 0 Å². The van der Waals surface area contributed by atoms with E-state index in [4.69, 9.17) is 15.1 Å². The van der Waals surface area contributed by atoms with Crippen LogP contribution < -0.4 is 20.5 Å². The van der Waals surface area contributed by atoms with Gasteiger partial charge in [0.1, 0.15) is 12.4 Å². The van der Waals surface area contributed by atoms with Crippen molar-refractivity contribution in [3.63, 3.8) is 0 Å². The van der Waals surface area contributed by atoms with Crippen molar-refractivity contribution in [2.45, 2.75) is 31.3 Å². The molecule has 1 aliphatic carbocycles. The van der Waals surface area contributed by atoms with Gasteiger partial charge in [-0.1, -0.05) is 6.07 Å². The van der Waals surface area contributed by atoms with Crippen LogP contribution >= 0.6 is 0 Å². The molecule has 0 radical (unpaired) electrons. The summed E-state index contributed by atoms with van der Waals surface area (Å²) in [6.07, 6.45) is 11.7. The second-order valence-electron chi connectivity index (χ2n) is 8.70. The van der Waals surface area contributed by atoms with E-state index in [1.807, 2.05) is 55.0 Å². The van der Waals surface area contributed by atoms with E-state index in [2.05, 4.69) is 21.1 Å². The quantitative estimate of drug-likeness (QED) is 0.617. The maximum Gasteiger partial charge on any atom is 0.160 e. The fraction of sp³-hybridized carbons (Fsp3) is 0.269. The molecule has 2 aromatic rings. The Kier molecular flexibility index (Phi) is 4.79. The zero-order valence-corrected chi connectivity index (χ0v) is 18.0. The highest BCUT2D eigenvalue weighted by atomic mass is 16.5. The zero-order valence-electron chi connectivity index (χ0n) is 18.0. The van der Waals surface area contributed by atoms with E-state index >= 15 is 0 Å². The summed E-state index contributed by atoms with van der Waals surface area (Å²) in [5.74, 6) is 3.50. The SMILES string of the molecule is N=C=c1c2c3cc4ccc3cc1=CC(=CN2)N=CC1C=NCN1C1CCC(=CCO4)C(=O)C1. The number of aliphatic imine (C=N–C) groups is 2. The molecule has 7 heteroatoms. The van der Waals surface area contributed by atoms with E-state index in [1.165, 1.54) is 0 Å². The number of hydrogen-bond acceptors (Lipinski definition) is 7. The lowest BCUT2D eigenvalue weighted by Gasteiger charge is -2.33. The number of allylic oxidation sites excluding steroid dienone is 2. The van der Waals surface area contributed by atoms with Gasteiger partial charge >= 0.3 is 0 Å². The van der Waals surface area contributed by atoms with Gasteiger partial charge in [0, 0.05) is 36.5 Å². The van der Waals surface area contributed by atoms with Crippen molar-refractivity contribution in [2.75, 3.05) is 18.6 Å². The van der Waals surface area contributed by atoms with Crippen molar-refractivity contribution in [3.05, 3.63) is 58.2 Å². The van der Waals surface area contributed by atoms with Gasteiger partial charge in [-0.05, 0) is 65.2 Å². The second kappa shape index (κ2) is 7.96. The predicted octanol–water partition coefficient (Wildman–Crippen LogP) is 2.03. The average Bonchev–Trinajstić information content (AvgIpc) is 3.24. The number of carbonyl (C=O) groups is 1. The predicted molar refractivity (Wildman–Crippen MR) is 130 cm³/mol. The number of ketones is 1. The summed E-state index contributed by atoms with van der Waals surface area (Å²) < 4.78 is 5.99. The molecule has 0 spiro atoms. The lowest BCUT2D eigenvalue weighted by Crippen LogP contribution is -2.44. The number of nitrogens with one attached hydrogen (secondary N) is 2. The first-order valence-electron chi connectivity index (χ1n) is 11.2. The van der Waals surface area contributed by atoms with Gasteiger partial charge in [-0.15, -0.1) is 0 Å². The third kappa shape index (κ3) is 3.52. The Bertz CT molecular complexity index is 1450. The molecule has 4 heterocycles. The number of ether oxygens (including phenoxy) is 1. The van der Waals surface area contributed by atoms with Gasteiger partial charge in [-0.25, -0.2) is 0 Å². The molecule has 1 fully saturated rings. The molecule has 2 unspecified atom stereocenters. The minimum Gasteiger partial charge on any atom is -0.489 e. The molecule has 5 aliphatic rings. The Morgan fingerprint density at radius 3 is 3.06 bits per heavy atom. The van der Waals surface area contributed by atoms with Crippen LogP contribution in [0, 0.1) is 5.41 Å². The summed E-state index contributed by atoms with van der Waals surface area (Å²) in [5, 5.41) is 14.8. The molecule has 0 amide bonds. The summed E-state index contributed by atoms with van der Waals surface area (Å²) in [5.41, 5.74) is 2.41. The van der Waals surface area contributed by atoms with Crippen molar-refractivity contribution >= 4 is 46.6 Å². The third-order valence-corrected chi connectivity index (χ3v) is 6.77. The van der Waals surface area contributed by atoms with Crippen molar-refractivity contribution in [2.24, 2.45) is 9.98 Å². The van der Waals surface area contributed by atoms with Gasteiger partial charge in [-0.2, -0.15) is 0 Å². The maximum atomic E-state index is 12.8. The van der Waals surface area contributed by atoms with Gasteiger partial charge in [0.05, 0.1) is 29.3 Å². The molecular weight excluding hydrogens is 414 g/mol. The minimum absolute atomic E-state index is 0.0494. The first kappa shape index (κ1) is 19.9. The standard InChI is InChI=1S/C26H23N5O2/c27-11-24-18-7-17-2-4-22-10-23(17)26(24)30-12-19(8-18)29-14-21-13-28-15-31(21)20-3-1-16(5-6-33-22)25(32)9-20/h2,4-5,7-8,10,12-14,20-21,27,30H,1,3,6,9,15H2. The molecule has 2 aromatic carbocycles. The summed E-state index contributed by atoms with van der Waals surface area (Å²) in [6, 6.07) is 8.07. The van der Waals surface area contributed by atoms with Crippen LogP contribution in [0.5, 0.6) is 5.75 Å². The summed E-state index contributed by atoms with van der Waals surface area (Å²) in [6.45, 7) is 0.930. The average molecular weight is 438 g/mol. The van der Waals surface area contributed by atoms with Gasteiger partial charge in [0.15, 0.2) is 5.78 Å². The van der Waals surface area contributed by atoms with E-state index in [0.717, 1.165) is 51.5 Å². The smallest absolute Gasteiger partial charge is 0.160 e. The molecule has 33 heavy (non-hydrogen) atoms. The van der Waals surface area contributed by atoms with E-state index in [-0.39, 0.29) is 17.9 Å². The minimum atomic E-state index is -0.0494. The monoisotopic (exact) mass is 437 g/mol. The maximum absolute atomic E-state index is 12.8. The van der Waals surface area contributed by atoms with Crippen LogP contribution in [-0.4, -0.2) is 54.3 Å².